The summed E-state index contributed by atoms with van der Waals surface area (Å²) in [6.45, 7) is 2.42. The number of methoxy groups -OCH3 is 1. The molecule has 0 aromatic heterocycles. The Hall–Kier alpha value is -1.80. The van der Waals surface area contributed by atoms with Gasteiger partial charge in [0.2, 0.25) is 15.9 Å². The highest BCUT2D eigenvalue weighted by molar-refractivity contribution is 7.88. The van der Waals surface area contributed by atoms with Gasteiger partial charge in [0, 0.05) is 28.7 Å². The van der Waals surface area contributed by atoms with Gasteiger partial charge >= 0.3 is 0 Å². The Bertz CT molecular complexity index is 1010. The Balaban J connectivity index is 1.65. The van der Waals surface area contributed by atoms with Crippen molar-refractivity contribution in [2.45, 2.75) is 31.6 Å². The van der Waals surface area contributed by atoms with Crippen LogP contribution in [0.1, 0.15) is 36.9 Å². The summed E-state index contributed by atoms with van der Waals surface area (Å²) in [6, 6.07) is 12.2. The van der Waals surface area contributed by atoms with E-state index < -0.39 is 15.9 Å². The molecule has 1 N–H and O–H groups in total. The van der Waals surface area contributed by atoms with E-state index in [0.717, 1.165) is 11.3 Å². The maximum atomic E-state index is 13.0. The largest absolute Gasteiger partial charge is 0.497 e. The minimum absolute atomic E-state index is 0.144. The number of halogens is 2. The van der Waals surface area contributed by atoms with Crippen LogP contribution in [0.3, 0.4) is 0 Å². The third kappa shape index (κ3) is 5.92. The molecule has 2 aromatic rings. The lowest BCUT2D eigenvalue weighted by atomic mass is 9.98. The van der Waals surface area contributed by atoms with Crippen LogP contribution in [0.5, 0.6) is 5.75 Å². The van der Waals surface area contributed by atoms with E-state index in [4.69, 9.17) is 27.9 Å². The van der Waals surface area contributed by atoms with E-state index in [1.807, 2.05) is 31.2 Å². The third-order valence-electron chi connectivity index (χ3n) is 5.51. The number of ether oxygens (including phenoxy) is 1. The molecule has 2 atom stereocenters. The van der Waals surface area contributed by atoms with E-state index in [9.17, 15) is 13.2 Å². The van der Waals surface area contributed by atoms with Crippen molar-refractivity contribution in [3.8, 4) is 5.75 Å². The molecule has 168 valence electrons. The van der Waals surface area contributed by atoms with Crippen molar-refractivity contribution in [1.29, 1.82) is 0 Å². The number of piperidine rings is 1. The van der Waals surface area contributed by atoms with Crippen LogP contribution in [0, 0.1) is 5.92 Å². The summed E-state index contributed by atoms with van der Waals surface area (Å²) in [5, 5.41) is 3.63. The molecule has 1 saturated heterocycles. The molecule has 2 aromatic carbocycles. The van der Waals surface area contributed by atoms with Crippen LogP contribution >= 0.6 is 23.2 Å². The average Bonchev–Trinajstić information content (AvgIpc) is 2.76. The Morgan fingerprint density at radius 1 is 1.19 bits per heavy atom. The quantitative estimate of drug-likeness (QED) is 0.630. The average molecular weight is 485 g/mol. The topological polar surface area (TPSA) is 75.7 Å². The number of carbonyl (C=O) groups excluding carboxylic acids is 1. The molecule has 0 bridgehead atoms. The standard InChI is InChI=1S/C22H26Cl2N2O4S/c1-15(16-8-10-18(30-2)11-9-16)25-22(27)17-5-4-12-26(13-17)31(28,29)14-19-20(23)6-3-7-21(19)24/h3,6-11,15,17H,4-5,12-14H2,1-2H3,(H,25,27)/t15-,17-/m1/s1. The Morgan fingerprint density at radius 3 is 2.45 bits per heavy atom. The van der Waals surface area contributed by atoms with Crippen LogP contribution in [0.25, 0.3) is 0 Å². The van der Waals surface area contributed by atoms with E-state index in [-0.39, 0.29) is 24.2 Å². The highest BCUT2D eigenvalue weighted by Crippen LogP contribution is 2.29. The third-order valence-corrected chi connectivity index (χ3v) is 7.99. The number of nitrogens with one attached hydrogen (secondary N) is 1. The summed E-state index contributed by atoms with van der Waals surface area (Å²) < 4.78 is 32.5. The first-order valence-electron chi connectivity index (χ1n) is 10.1. The minimum Gasteiger partial charge on any atom is -0.497 e. The van der Waals surface area contributed by atoms with Crippen molar-refractivity contribution in [1.82, 2.24) is 9.62 Å². The van der Waals surface area contributed by atoms with Gasteiger partial charge in [-0.2, -0.15) is 0 Å². The van der Waals surface area contributed by atoms with Crippen molar-refractivity contribution in [3.05, 3.63) is 63.6 Å². The van der Waals surface area contributed by atoms with Gasteiger partial charge in [-0.25, -0.2) is 12.7 Å². The Kier molecular flexibility index (Phi) is 7.86. The molecule has 1 aliphatic heterocycles. The van der Waals surface area contributed by atoms with Crippen LogP contribution in [-0.4, -0.2) is 38.8 Å². The zero-order chi connectivity index (χ0) is 22.6. The van der Waals surface area contributed by atoms with Crippen molar-refractivity contribution in [2.24, 2.45) is 5.92 Å². The molecule has 1 aliphatic rings. The lowest BCUT2D eigenvalue weighted by molar-refractivity contribution is -0.126. The first kappa shape index (κ1) is 23.9. The first-order chi connectivity index (χ1) is 14.7. The van der Waals surface area contributed by atoms with Gasteiger partial charge in [0.25, 0.3) is 0 Å². The van der Waals surface area contributed by atoms with Crippen molar-refractivity contribution >= 4 is 39.1 Å². The summed E-state index contributed by atoms with van der Waals surface area (Å²) in [6.07, 6.45) is 1.25. The molecule has 0 radical (unpaired) electrons. The van der Waals surface area contributed by atoms with Crippen molar-refractivity contribution < 1.29 is 17.9 Å². The van der Waals surface area contributed by atoms with Gasteiger partial charge < -0.3 is 10.1 Å². The molecule has 3 rings (SSSR count). The second kappa shape index (κ2) is 10.2. The first-order valence-corrected chi connectivity index (χ1v) is 12.4. The normalized spacial score (nSPS) is 18.4. The molecule has 31 heavy (non-hydrogen) atoms. The molecule has 0 spiro atoms. The van der Waals surface area contributed by atoms with Crippen molar-refractivity contribution in [2.75, 3.05) is 20.2 Å². The van der Waals surface area contributed by atoms with Crippen LogP contribution in [0.15, 0.2) is 42.5 Å². The van der Waals surface area contributed by atoms with Crippen molar-refractivity contribution in [3.63, 3.8) is 0 Å². The number of hydrogen-bond acceptors (Lipinski definition) is 4. The summed E-state index contributed by atoms with van der Waals surface area (Å²) in [5.41, 5.74) is 1.33. The summed E-state index contributed by atoms with van der Waals surface area (Å²) in [5.74, 6) is -0.110. The van der Waals surface area contributed by atoms with E-state index >= 15 is 0 Å². The van der Waals surface area contributed by atoms with Crippen LogP contribution in [0.4, 0.5) is 0 Å². The molecule has 6 nitrogen and oxygen atoms in total. The lowest BCUT2D eigenvalue weighted by Crippen LogP contribution is -2.46. The van der Waals surface area contributed by atoms with Gasteiger partial charge in [-0.1, -0.05) is 41.4 Å². The molecular formula is C22H26Cl2N2O4S. The zero-order valence-corrected chi connectivity index (χ0v) is 19.8. The van der Waals surface area contributed by atoms with Gasteiger partial charge in [-0.15, -0.1) is 0 Å². The van der Waals surface area contributed by atoms with Gasteiger partial charge in [-0.3, -0.25) is 4.79 Å². The van der Waals surface area contributed by atoms with E-state index in [1.165, 1.54) is 4.31 Å². The fraction of sp³-hybridized carbons (Fsp3) is 0.409. The van der Waals surface area contributed by atoms with E-state index in [2.05, 4.69) is 5.32 Å². The van der Waals surface area contributed by atoms with Crippen LogP contribution < -0.4 is 10.1 Å². The highest BCUT2D eigenvalue weighted by atomic mass is 35.5. The van der Waals surface area contributed by atoms with Gasteiger partial charge in [0.05, 0.1) is 24.8 Å². The van der Waals surface area contributed by atoms with Gasteiger partial charge in [0.1, 0.15) is 5.75 Å². The van der Waals surface area contributed by atoms with Gasteiger partial charge in [0.15, 0.2) is 0 Å². The monoisotopic (exact) mass is 484 g/mol. The molecule has 1 fully saturated rings. The highest BCUT2D eigenvalue weighted by Gasteiger charge is 2.33. The summed E-state index contributed by atoms with van der Waals surface area (Å²) in [4.78, 5) is 12.8. The zero-order valence-electron chi connectivity index (χ0n) is 17.5. The second-order valence-corrected chi connectivity index (χ2v) is 10.4. The molecule has 1 amide bonds. The predicted octanol–water partition coefficient (Wildman–Crippen LogP) is 4.42. The number of amides is 1. The SMILES string of the molecule is COc1ccc([C@@H](C)NC(=O)[C@@H]2CCCN(S(=O)(=O)Cc3c(Cl)cccc3Cl)C2)cc1. The number of rotatable bonds is 7. The Labute approximate surface area is 193 Å². The molecule has 0 aliphatic carbocycles. The summed E-state index contributed by atoms with van der Waals surface area (Å²) in [7, 11) is -2.07. The number of nitrogens with zero attached hydrogens (tertiary/aromatic N) is 1. The van der Waals surface area contributed by atoms with Crippen LogP contribution in [-0.2, 0) is 20.6 Å². The number of hydrogen-bond donors (Lipinski definition) is 1. The molecule has 0 saturated carbocycles. The molecular weight excluding hydrogens is 459 g/mol. The number of sulfonamides is 1. The second-order valence-electron chi connectivity index (χ2n) is 7.66. The molecule has 1 heterocycles. The maximum absolute atomic E-state index is 13.0. The van der Waals surface area contributed by atoms with E-state index in [0.29, 0.717) is 35.0 Å². The summed E-state index contributed by atoms with van der Waals surface area (Å²) >= 11 is 12.3. The fourth-order valence-electron chi connectivity index (χ4n) is 3.66. The minimum atomic E-state index is -3.67. The van der Waals surface area contributed by atoms with Gasteiger partial charge in [-0.05, 0) is 49.6 Å². The lowest BCUT2D eigenvalue weighted by Gasteiger charge is -2.32. The Morgan fingerprint density at radius 2 is 1.84 bits per heavy atom. The molecule has 0 unspecified atom stereocenters. The number of carbonyl (C=O) groups is 1. The smallest absolute Gasteiger partial charge is 0.224 e. The molecule has 9 heteroatoms. The maximum Gasteiger partial charge on any atom is 0.224 e. The number of benzene rings is 2. The fourth-order valence-corrected chi connectivity index (χ4v) is 6.02. The van der Waals surface area contributed by atoms with E-state index in [1.54, 1.807) is 25.3 Å². The van der Waals surface area contributed by atoms with Crippen LogP contribution in [0.2, 0.25) is 10.0 Å². The predicted molar refractivity (Wildman–Crippen MR) is 123 cm³/mol.